The molecule has 0 heterocycles. The first-order valence-corrected chi connectivity index (χ1v) is 4.07. The second kappa shape index (κ2) is 6.66. The van der Waals surface area contributed by atoms with Crippen LogP contribution in [0.4, 0.5) is 0 Å². The molecule has 0 aliphatic heterocycles. The van der Waals surface area contributed by atoms with Crippen molar-refractivity contribution in [3.8, 4) is 0 Å². The molecule has 1 N–H and O–H groups in total. The fourth-order valence-corrected chi connectivity index (χ4v) is 1.09. The summed E-state index contributed by atoms with van der Waals surface area (Å²) in [6, 6.07) is 7.42. The number of halogens is 1. The minimum absolute atomic E-state index is 0. The van der Waals surface area contributed by atoms with Crippen LogP contribution in [0.3, 0.4) is 0 Å². The summed E-state index contributed by atoms with van der Waals surface area (Å²) in [5, 5.41) is 0. The van der Waals surface area contributed by atoms with E-state index in [0.717, 1.165) is 0 Å². The molecule has 0 amide bonds. The van der Waals surface area contributed by atoms with Crippen molar-refractivity contribution in [1.82, 2.24) is 0 Å². The summed E-state index contributed by atoms with van der Waals surface area (Å²) in [5.41, 5.74) is 0. The molecule has 1 aromatic carbocycles. The van der Waals surface area contributed by atoms with E-state index in [-0.39, 0.29) is 73.3 Å². The third-order valence-corrected chi connectivity index (χ3v) is 1.91. The van der Waals surface area contributed by atoms with Gasteiger partial charge in [0.1, 0.15) is 0 Å². The fraction of sp³-hybridized carbons (Fsp3) is 0. The average molecular weight is 277 g/mol. The zero-order valence-electron chi connectivity index (χ0n) is 6.44. The van der Waals surface area contributed by atoms with Crippen LogP contribution in [-0.4, -0.2) is 13.0 Å². The van der Waals surface area contributed by atoms with Crippen molar-refractivity contribution in [3.63, 3.8) is 0 Å². The molecule has 6 heteroatoms. The maximum atomic E-state index is 10.4. The molecule has 1 rings (SSSR count). The largest absolute Gasteiger partial charge is 1.00 e. The molecule has 0 unspecified atom stereocenters. The van der Waals surface area contributed by atoms with Crippen LogP contribution in [-0.2, 0) is 10.1 Å². The monoisotopic (exact) mass is 276 g/mol. The normalized spacial score (nSPS) is 9.42. The molecule has 0 fully saturated rings. The van der Waals surface area contributed by atoms with Gasteiger partial charge in [0, 0.05) is 0 Å². The Balaban J connectivity index is 0. The van der Waals surface area contributed by atoms with E-state index in [9.17, 15) is 8.42 Å². The molecule has 0 aromatic heterocycles. The molecule has 0 bridgehead atoms. The Morgan fingerprint density at radius 2 is 1.50 bits per heavy atom. The van der Waals surface area contributed by atoms with Gasteiger partial charge in [0.05, 0.1) is 4.90 Å². The molecule has 0 saturated carbocycles. The van der Waals surface area contributed by atoms with Crippen molar-refractivity contribution in [2.75, 3.05) is 0 Å². The molecular formula is C6H6BrKO3S. The van der Waals surface area contributed by atoms with E-state index < -0.39 is 10.1 Å². The summed E-state index contributed by atoms with van der Waals surface area (Å²) in [4.78, 5) is -0.0741. The summed E-state index contributed by atoms with van der Waals surface area (Å²) in [6.45, 7) is 0. The molecule has 12 heavy (non-hydrogen) atoms. The van der Waals surface area contributed by atoms with E-state index >= 15 is 0 Å². The first-order valence-electron chi connectivity index (χ1n) is 2.63. The van der Waals surface area contributed by atoms with Crippen LogP contribution >= 0.6 is 0 Å². The maximum Gasteiger partial charge on any atom is 1.00 e. The third kappa shape index (κ3) is 5.08. The van der Waals surface area contributed by atoms with Crippen molar-refractivity contribution in [2.45, 2.75) is 4.90 Å². The second-order valence-corrected chi connectivity index (χ2v) is 3.21. The van der Waals surface area contributed by atoms with E-state index in [1.807, 2.05) is 0 Å². The van der Waals surface area contributed by atoms with E-state index in [2.05, 4.69) is 0 Å². The van der Waals surface area contributed by atoms with Gasteiger partial charge < -0.3 is 17.0 Å². The van der Waals surface area contributed by atoms with Gasteiger partial charge in [0.2, 0.25) is 0 Å². The Kier molecular flexibility index (Phi) is 8.72. The van der Waals surface area contributed by atoms with Crippen LogP contribution in [0.2, 0.25) is 0 Å². The fourth-order valence-electron chi connectivity index (χ4n) is 0.592. The summed E-state index contributed by atoms with van der Waals surface area (Å²) in [6.07, 6.45) is 0. The van der Waals surface area contributed by atoms with Crippen LogP contribution in [0, 0.1) is 0 Å². The third-order valence-electron chi connectivity index (χ3n) is 1.04. The second-order valence-electron chi connectivity index (χ2n) is 1.79. The molecule has 1 aromatic rings. The summed E-state index contributed by atoms with van der Waals surface area (Å²) < 4.78 is 29.2. The minimum atomic E-state index is -4.00. The molecule has 0 radical (unpaired) electrons. The average Bonchev–Trinajstić information content (AvgIpc) is 1.88. The van der Waals surface area contributed by atoms with Gasteiger partial charge in [-0.15, -0.1) is 0 Å². The van der Waals surface area contributed by atoms with Crippen LogP contribution in [0.5, 0.6) is 0 Å². The Morgan fingerprint density at radius 1 is 1.08 bits per heavy atom. The topological polar surface area (TPSA) is 54.4 Å². The first kappa shape index (κ1) is 15.7. The van der Waals surface area contributed by atoms with Crippen LogP contribution in [0.25, 0.3) is 0 Å². The zero-order chi connectivity index (χ0) is 7.61. The summed E-state index contributed by atoms with van der Waals surface area (Å²) in [7, 11) is -4.00. The van der Waals surface area contributed by atoms with Gasteiger partial charge in [0.25, 0.3) is 10.1 Å². The molecule has 0 aliphatic carbocycles. The molecule has 0 spiro atoms. The molecule has 3 nitrogen and oxygen atoms in total. The SMILES string of the molecule is O=S(=O)(O)c1ccccc1.[Br-].[K+]. The van der Waals surface area contributed by atoms with Gasteiger partial charge in [-0.05, 0) is 12.1 Å². The Hall–Kier alpha value is 1.25. The van der Waals surface area contributed by atoms with Gasteiger partial charge >= 0.3 is 51.4 Å². The van der Waals surface area contributed by atoms with Gasteiger partial charge in [-0.3, -0.25) is 4.55 Å². The maximum absolute atomic E-state index is 10.4. The standard InChI is InChI=1S/C6H6O3S.BrH.K/c7-10(8,9)6-4-2-1-3-5-6;;/h1-5H,(H,7,8,9);1H;/q;;+1/p-1. The van der Waals surface area contributed by atoms with Crippen molar-refractivity contribution in [1.29, 1.82) is 0 Å². The number of hydrogen-bond acceptors (Lipinski definition) is 2. The van der Waals surface area contributed by atoms with Crippen molar-refractivity contribution in [2.24, 2.45) is 0 Å². The van der Waals surface area contributed by atoms with Crippen LogP contribution in [0.15, 0.2) is 35.2 Å². The zero-order valence-corrected chi connectivity index (χ0v) is 12.0. The van der Waals surface area contributed by atoms with Crippen molar-refractivity contribution in [3.05, 3.63) is 30.3 Å². The number of hydrogen-bond donors (Lipinski definition) is 1. The smallest absolute Gasteiger partial charge is 1.00 e. The predicted molar refractivity (Wildman–Crippen MR) is 36.3 cm³/mol. The quantitative estimate of drug-likeness (QED) is 0.413. The Labute approximate surface area is 124 Å². The summed E-state index contributed by atoms with van der Waals surface area (Å²) in [5.74, 6) is 0. The Morgan fingerprint density at radius 3 is 1.75 bits per heavy atom. The summed E-state index contributed by atoms with van der Waals surface area (Å²) >= 11 is 0. The van der Waals surface area contributed by atoms with Crippen molar-refractivity contribution < 1.29 is 81.3 Å². The number of rotatable bonds is 1. The molecule has 0 saturated heterocycles. The molecule has 0 aliphatic rings. The predicted octanol–water partition coefficient (Wildman–Crippen LogP) is -5.06. The van der Waals surface area contributed by atoms with E-state index in [4.69, 9.17) is 4.55 Å². The van der Waals surface area contributed by atoms with Crippen molar-refractivity contribution >= 4 is 10.1 Å². The molecule has 0 atom stereocenters. The van der Waals surface area contributed by atoms with Gasteiger partial charge in [-0.1, -0.05) is 18.2 Å². The van der Waals surface area contributed by atoms with Crippen LogP contribution < -0.4 is 68.4 Å². The van der Waals surface area contributed by atoms with Gasteiger partial charge in [-0.2, -0.15) is 8.42 Å². The van der Waals surface area contributed by atoms with Gasteiger partial charge in [-0.25, -0.2) is 0 Å². The first-order chi connectivity index (χ1) is 4.61. The Bertz CT molecular complexity index is 311. The van der Waals surface area contributed by atoms with E-state index in [0.29, 0.717) is 0 Å². The molecule has 62 valence electrons. The molecular weight excluding hydrogens is 271 g/mol. The van der Waals surface area contributed by atoms with Gasteiger partial charge in [0.15, 0.2) is 0 Å². The van der Waals surface area contributed by atoms with E-state index in [1.54, 1.807) is 18.2 Å². The minimum Gasteiger partial charge on any atom is -1.00 e. The van der Waals surface area contributed by atoms with E-state index in [1.165, 1.54) is 12.1 Å². The van der Waals surface area contributed by atoms with Crippen LogP contribution in [0.1, 0.15) is 0 Å². The number of benzene rings is 1.